The van der Waals surface area contributed by atoms with Crippen molar-refractivity contribution >= 4 is 29.2 Å². The third-order valence-electron chi connectivity index (χ3n) is 6.46. The summed E-state index contributed by atoms with van der Waals surface area (Å²) in [6.07, 6.45) is 2.98. The van der Waals surface area contributed by atoms with Gasteiger partial charge in [-0.15, -0.1) is 0 Å². The fourth-order valence-corrected chi connectivity index (χ4v) is 4.43. The van der Waals surface area contributed by atoms with E-state index in [1.165, 1.54) is 22.9 Å². The molecule has 1 saturated carbocycles. The molecule has 1 fully saturated rings. The van der Waals surface area contributed by atoms with E-state index in [0.29, 0.717) is 27.5 Å². The normalized spacial score (nSPS) is 13.1. The molecule has 7 nitrogen and oxygen atoms in total. The fraction of sp³-hybridized carbons (Fsp3) is 0.179. The summed E-state index contributed by atoms with van der Waals surface area (Å²) in [6.45, 7) is 0.226. The number of aromatic nitrogens is 2. The number of anilines is 1. The van der Waals surface area contributed by atoms with Gasteiger partial charge in [0.15, 0.2) is 0 Å². The fourth-order valence-electron chi connectivity index (χ4n) is 4.21. The van der Waals surface area contributed by atoms with Crippen LogP contribution in [0.5, 0.6) is 5.75 Å². The first-order valence-electron chi connectivity index (χ1n) is 11.9. The van der Waals surface area contributed by atoms with Gasteiger partial charge in [0, 0.05) is 29.8 Å². The molecule has 2 amide bonds. The minimum absolute atomic E-state index is 0.0894. The zero-order valence-electron chi connectivity index (χ0n) is 19.7. The van der Waals surface area contributed by atoms with Gasteiger partial charge in [0.2, 0.25) is 0 Å². The number of phenols is 1. The summed E-state index contributed by atoms with van der Waals surface area (Å²) in [6, 6.07) is 18.7. The number of hydrogen-bond donors (Lipinski definition) is 3. The maximum Gasteiger partial charge on any atom is 0.342 e. The molecular formula is C28H24ClFN4O3. The van der Waals surface area contributed by atoms with E-state index in [9.17, 15) is 19.1 Å². The zero-order valence-corrected chi connectivity index (χ0v) is 20.5. The van der Waals surface area contributed by atoms with Crippen molar-refractivity contribution in [3.63, 3.8) is 0 Å². The van der Waals surface area contributed by atoms with Gasteiger partial charge in [-0.3, -0.25) is 4.79 Å². The van der Waals surface area contributed by atoms with Crippen LogP contribution in [0.15, 0.2) is 72.8 Å². The lowest BCUT2D eigenvalue weighted by molar-refractivity contribution is 0.102. The smallest absolute Gasteiger partial charge is 0.342 e. The standard InChI is InChI=1S/C28H24ClFN4O3/c29-23-7-2-1-6-21(23)27(36)32-20-12-13-22(26(35)14-20)24-15-25(18-4-3-5-18)34(33-24)28(37)31-16-17-8-10-19(30)11-9-17/h1-2,6-15,18,35H,3-5,16H2,(H,31,37)(H,32,36). The Labute approximate surface area is 217 Å². The van der Waals surface area contributed by atoms with Crippen LogP contribution < -0.4 is 10.6 Å². The molecule has 1 aliphatic rings. The molecule has 0 saturated heterocycles. The van der Waals surface area contributed by atoms with Crippen LogP contribution in [-0.4, -0.2) is 26.8 Å². The lowest BCUT2D eigenvalue weighted by atomic mass is 9.82. The van der Waals surface area contributed by atoms with Gasteiger partial charge >= 0.3 is 6.03 Å². The highest BCUT2D eigenvalue weighted by Crippen LogP contribution is 2.39. The van der Waals surface area contributed by atoms with Crippen LogP contribution in [0.4, 0.5) is 14.9 Å². The predicted octanol–water partition coefficient (Wildman–Crippen LogP) is 6.33. The second kappa shape index (κ2) is 10.4. The Bertz CT molecular complexity index is 1460. The van der Waals surface area contributed by atoms with Crippen LogP contribution in [0.25, 0.3) is 11.3 Å². The summed E-state index contributed by atoms with van der Waals surface area (Å²) < 4.78 is 14.5. The van der Waals surface area contributed by atoms with Crippen LogP contribution in [0.3, 0.4) is 0 Å². The Balaban J connectivity index is 1.36. The molecule has 3 aromatic carbocycles. The molecular weight excluding hydrogens is 495 g/mol. The molecule has 5 rings (SSSR count). The number of halogens is 2. The number of carbonyl (C=O) groups is 2. The Morgan fingerprint density at radius 2 is 1.81 bits per heavy atom. The molecule has 0 radical (unpaired) electrons. The molecule has 0 aliphatic heterocycles. The van der Waals surface area contributed by atoms with Crippen LogP contribution in [0.2, 0.25) is 5.02 Å². The van der Waals surface area contributed by atoms with Crippen molar-refractivity contribution in [2.45, 2.75) is 31.7 Å². The average molecular weight is 519 g/mol. The van der Waals surface area contributed by atoms with Gasteiger partial charge in [-0.1, -0.05) is 42.3 Å². The van der Waals surface area contributed by atoms with Crippen molar-refractivity contribution in [1.29, 1.82) is 0 Å². The van der Waals surface area contributed by atoms with Gasteiger partial charge in [-0.25, -0.2) is 9.18 Å². The number of carbonyl (C=O) groups excluding carboxylic acids is 2. The summed E-state index contributed by atoms with van der Waals surface area (Å²) >= 11 is 6.10. The number of phenolic OH excluding ortho intramolecular Hbond substituents is 1. The predicted molar refractivity (Wildman–Crippen MR) is 139 cm³/mol. The molecule has 188 valence electrons. The number of nitrogens with zero attached hydrogens (tertiary/aromatic N) is 2. The molecule has 1 aromatic heterocycles. The Hall–Kier alpha value is -4.17. The molecule has 37 heavy (non-hydrogen) atoms. The Morgan fingerprint density at radius 3 is 2.49 bits per heavy atom. The van der Waals surface area contributed by atoms with Crippen molar-refractivity contribution in [2.75, 3.05) is 5.32 Å². The van der Waals surface area contributed by atoms with E-state index in [0.717, 1.165) is 30.5 Å². The van der Waals surface area contributed by atoms with Gasteiger partial charge in [0.05, 0.1) is 22.0 Å². The number of aromatic hydroxyl groups is 1. The molecule has 1 heterocycles. The van der Waals surface area contributed by atoms with Gasteiger partial charge in [0.1, 0.15) is 11.6 Å². The average Bonchev–Trinajstić information content (AvgIpc) is 3.27. The highest BCUT2D eigenvalue weighted by Gasteiger charge is 2.27. The number of hydrogen-bond acceptors (Lipinski definition) is 4. The molecule has 0 atom stereocenters. The van der Waals surface area contributed by atoms with Crippen molar-refractivity contribution < 1.29 is 19.1 Å². The van der Waals surface area contributed by atoms with Crippen molar-refractivity contribution in [1.82, 2.24) is 15.1 Å². The minimum atomic E-state index is -0.402. The van der Waals surface area contributed by atoms with E-state index in [4.69, 9.17) is 11.6 Å². The van der Waals surface area contributed by atoms with Crippen LogP contribution in [0, 0.1) is 5.82 Å². The molecule has 1 aliphatic carbocycles. The van der Waals surface area contributed by atoms with E-state index in [2.05, 4.69) is 15.7 Å². The zero-order chi connectivity index (χ0) is 25.9. The topological polar surface area (TPSA) is 96.3 Å². The molecule has 9 heteroatoms. The number of rotatable bonds is 6. The van der Waals surface area contributed by atoms with E-state index < -0.39 is 11.9 Å². The second-order valence-electron chi connectivity index (χ2n) is 8.95. The third kappa shape index (κ3) is 5.34. The molecule has 0 unspecified atom stereocenters. The monoisotopic (exact) mass is 518 g/mol. The highest BCUT2D eigenvalue weighted by atomic mass is 35.5. The van der Waals surface area contributed by atoms with Crippen LogP contribution in [0.1, 0.15) is 46.8 Å². The first-order chi connectivity index (χ1) is 17.9. The van der Waals surface area contributed by atoms with E-state index in [1.54, 1.807) is 48.5 Å². The first kappa shape index (κ1) is 24.5. The van der Waals surface area contributed by atoms with Gasteiger partial charge in [-0.2, -0.15) is 9.78 Å². The summed E-state index contributed by atoms with van der Waals surface area (Å²) in [7, 11) is 0. The third-order valence-corrected chi connectivity index (χ3v) is 6.79. The Kier molecular flexibility index (Phi) is 6.92. The summed E-state index contributed by atoms with van der Waals surface area (Å²) in [5.41, 5.74) is 3.12. The van der Waals surface area contributed by atoms with Crippen LogP contribution >= 0.6 is 11.6 Å². The number of nitrogens with one attached hydrogen (secondary N) is 2. The van der Waals surface area contributed by atoms with Crippen molar-refractivity contribution in [3.8, 4) is 17.0 Å². The first-order valence-corrected chi connectivity index (χ1v) is 12.3. The molecule has 4 aromatic rings. The summed E-state index contributed by atoms with van der Waals surface area (Å²) in [5, 5.41) is 21.1. The molecule has 0 bridgehead atoms. The van der Waals surface area contributed by atoms with E-state index in [1.807, 2.05) is 6.07 Å². The number of benzene rings is 3. The lowest BCUT2D eigenvalue weighted by Gasteiger charge is -2.25. The molecule has 3 N–H and O–H groups in total. The SMILES string of the molecule is O=C(Nc1ccc(-c2cc(C3CCC3)n(C(=O)NCc3ccc(F)cc3)n2)c(O)c1)c1ccccc1Cl. The maximum absolute atomic E-state index is 13.2. The largest absolute Gasteiger partial charge is 0.507 e. The maximum atomic E-state index is 13.2. The van der Waals surface area contributed by atoms with Crippen molar-refractivity contribution in [3.05, 3.63) is 100 Å². The van der Waals surface area contributed by atoms with E-state index >= 15 is 0 Å². The quantitative estimate of drug-likeness (QED) is 0.278. The van der Waals surface area contributed by atoms with Crippen LogP contribution in [-0.2, 0) is 6.54 Å². The van der Waals surface area contributed by atoms with Gasteiger partial charge in [0.25, 0.3) is 5.91 Å². The number of amides is 2. The lowest BCUT2D eigenvalue weighted by Crippen LogP contribution is -2.31. The second-order valence-corrected chi connectivity index (χ2v) is 9.35. The summed E-state index contributed by atoms with van der Waals surface area (Å²) in [4.78, 5) is 25.6. The van der Waals surface area contributed by atoms with Crippen molar-refractivity contribution in [2.24, 2.45) is 0 Å². The molecule has 0 spiro atoms. The summed E-state index contributed by atoms with van der Waals surface area (Å²) in [5.74, 6) is -0.622. The van der Waals surface area contributed by atoms with Gasteiger partial charge in [-0.05, 0) is 60.9 Å². The Morgan fingerprint density at radius 1 is 1.05 bits per heavy atom. The van der Waals surface area contributed by atoms with E-state index in [-0.39, 0.29) is 24.0 Å². The van der Waals surface area contributed by atoms with Gasteiger partial charge < -0.3 is 15.7 Å². The highest BCUT2D eigenvalue weighted by molar-refractivity contribution is 6.34. The minimum Gasteiger partial charge on any atom is -0.507 e.